The molecular weight excluding hydrogens is 426 g/mol. The van der Waals surface area contributed by atoms with Crippen molar-refractivity contribution in [3.8, 4) is 0 Å². The fourth-order valence-corrected chi connectivity index (χ4v) is 3.87. The molecule has 0 saturated carbocycles. The number of esters is 1. The molecule has 1 amide bonds. The van der Waals surface area contributed by atoms with Crippen molar-refractivity contribution in [2.75, 3.05) is 13.2 Å². The number of para-hydroxylation sites is 1. The number of hydrogen-bond acceptors (Lipinski definition) is 7. The van der Waals surface area contributed by atoms with Gasteiger partial charge in [0.1, 0.15) is 11.9 Å². The Morgan fingerprint density at radius 3 is 2.39 bits per heavy atom. The van der Waals surface area contributed by atoms with Gasteiger partial charge in [-0.25, -0.2) is 14.6 Å². The number of allylic oxidation sites excluding steroid dienone is 1. The van der Waals surface area contributed by atoms with Gasteiger partial charge in [0.15, 0.2) is 0 Å². The van der Waals surface area contributed by atoms with E-state index < -0.39 is 23.0 Å². The number of ether oxygens (including phenoxy) is 2. The Balaban J connectivity index is 2.36. The van der Waals surface area contributed by atoms with E-state index >= 15 is 0 Å². The molecular formula is C24H33N3O6. The number of rotatable bonds is 11. The minimum absolute atomic E-state index is 0.0771. The van der Waals surface area contributed by atoms with Crippen LogP contribution in [-0.4, -0.2) is 40.9 Å². The van der Waals surface area contributed by atoms with Crippen LogP contribution in [0, 0.1) is 10.1 Å². The van der Waals surface area contributed by atoms with Crippen molar-refractivity contribution in [1.29, 1.82) is 0 Å². The van der Waals surface area contributed by atoms with Crippen LogP contribution in [0.1, 0.15) is 77.8 Å². The number of nitro benzene ring substituents is 1. The number of carbonyl (C=O) groups is 2. The smallest absolute Gasteiger partial charge is 0.416 e. The van der Waals surface area contributed by atoms with Gasteiger partial charge in [-0.1, -0.05) is 51.2 Å². The van der Waals surface area contributed by atoms with Crippen LogP contribution in [0.2, 0.25) is 0 Å². The van der Waals surface area contributed by atoms with Crippen LogP contribution in [0.5, 0.6) is 0 Å². The lowest BCUT2D eigenvalue weighted by molar-refractivity contribution is -0.385. The number of aliphatic imine (C=N–C) groups is 1. The molecule has 0 spiro atoms. The predicted molar refractivity (Wildman–Crippen MR) is 125 cm³/mol. The van der Waals surface area contributed by atoms with E-state index in [1.165, 1.54) is 29.5 Å². The average molecular weight is 460 g/mol. The Bertz CT molecular complexity index is 925. The quantitative estimate of drug-likeness (QED) is 0.181. The first-order chi connectivity index (χ1) is 15.8. The highest BCUT2D eigenvalue weighted by atomic mass is 16.6. The molecule has 0 fully saturated rings. The number of hydrogen-bond donors (Lipinski definition) is 0. The fourth-order valence-electron chi connectivity index (χ4n) is 3.87. The molecule has 1 unspecified atom stereocenters. The number of benzene rings is 1. The van der Waals surface area contributed by atoms with Crippen molar-refractivity contribution in [3.63, 3.8) is 0 Å². The van der Waals surface area contributed by atoms with Crippen LogP contribution in [0.4, 0.5) is 10.5 Å². The summed E-state index contributed by atoms with van der Waals surface area (Å²) in [5.41, 5.74) is 0.401. The van der Waals surface area contributed by atoms with Crippen molar-refractivity contribution in [2.24, 2.45) is 4.99 Å². The molecule has 1 aliphatic rings. The largest absolute Gasteiger partial charge is 0.463 e. The van der Waals surface area contributed by atoms with Crippen molar-refractivity contribution < 1.29 is 24.0 Å². The highest BCUT2D eigenvalue weighted by Crippen LogP contribution is 2.40. The van der Waals surface area contributed by atoms with E-state index in [-0.39, 0.29) is 35.9 Å². The lowest BCUT2D eigenvalue weighted by Gasteiger charge is -2.35. The third-order valence-corrected chi connectivity index (χ3v) is 5.44. The van der Waals surface area contributed by atoms with Crippen LogP contribution >= 0.6 is 0 Å². The number of unbranched alkanes of at least 4 members (excludes halogenated alkanes) is 5. The molecule has 0 aliphatic carbocycles. The second kappa shape index (κ2) is 12.7. The number of carbonyl (C=O) groups excluding carboxylic acids is 2. The van der Waals surface area contributed by atoms with Gasteiger partial charge in [0.2, 0.25) is 0 Å². The van der Waals surface area contributed by atoms with Gasteiger partial charge in [-0.05, 0) is 33.3 Å². The summed E-state index contributed by atoms with van der Waals surface area (Å²) in [6.45, 7) is 7.38. The summed E-state index contributed by atoms with van der Waals surface area (Å²) in [6.07, 6.45) is 5.52. The molecule has 1 aliphatic heterocycles. The first kappa shape index (κ1) is 26.0. The summed E-state index contributed by atoms with van der Waals surface area (Å²) in [6, 6.07) is 4.95. The topological polar surface area (TPSA) is 111 Å². The average Bonchev–Trinajstić information content (AvgIpc) is 2.77. The Hall–Kier alpha value is -3.23. The van der Waals surface area contributed by atoms with Gasteiger partial charge in [0, 0.05) is 6.07 Å². The highest BCUT2D eigenvalue weighted by Gasteiger charge is 2.42. The molecule has 1 heterocycles. The van der Waals surface area contributed by atoms with Gasteiger partial charge >= 0.3 is 12.1 Å². The van der Waals surface area contributed by atoms with Gasteiger partial charge in [0.25, 0.3) is 5.69 Å². The summed E-state index contributed by atoms with van der Waals surface area (Å²) in [4.78, 5) is 42.7. The third-order valence-electron chi connectivity index (χ3n) is 5.44. The zero-order valence-corrected chi connectivity index (χ0v) is 19.8. The summed E-state index contributed by atoms with van der Waals surface area (Å²) >= 11 is 0. The second-order valence-electron chi connectivity index (χ2n) is 7.85. The monoisotopic (exact) mass is 459 g/mol. The second-order valence-corrected chi connectivity index (χ2v) is 7.85. The first-order valence-electron chi connectivity index (χ1n) is 11.5. The van der Waals surface area contributed by atoms with Gasteiger partial charge in [-0.3, -0.25) is 15.0 Å². The van der Waals surface area contributed by atoms with E-state index in [0.717, 1.165) is 32.1 Å². The van der Waals surface area contributed by atoms with E-state index in [4.69, 9.17) is 9.47 Å². The maximum absolute atomic E-state index is 13.1. The van der Waals surface area contributed by atoms with Crippen LogP contribution < -0.4 is 0 Å². The number of amidine groups is 1. The van der Waals surface area contributed by atoms with Gasteiger partial charge in [-0.15, -0.1) is 0 Å². The number of nitro groups is 1. The summed E-state index contributed by atoms with van der Waals surface area (Å²) < 4.78 is 10.7. The minimum atomic E-state index is -1.08. The van der Waals surface area contributed by atoms with Gasteiger partial charge in [-0.2, -0.15) is 0 Å². The summed E-state index contributed by atoms with van der Waals surface area (Å²) in [7, 11) is 0. The molecule has 9 nitrogen and oxygen atoms in total. The molecule has 0 aromatic heterocycles. The Kier molecular flexibility index (Phi) is 10.0. The molecule has 0 N–H and O–H groups in total. The summed E-state index contributed by atoms with van der Waals surface area (Å²) in [5.74, 6) is -0.389. The Morgan fingerprint density at radius 2 is 1.73 bits per heavy atom. The fraction of sp³-hybridized carbons (Fsp3) is 0.542. The van der Waals surface area contributed by atoms with E-state index in [2.05, 4.69) is 11.9 Å². The molecule has 33 heavy (non-hydrogen) atoms. The van der Waals surface area contributed by atoms with E-state index in [9.17, 15) is 19.7 Å². The van der Waals surface area contributed by atoms with E-state index in [1.54, 1.807) is 26.8 Å². The maximum Gasteiger partial charge on any atom is 0.416 e. The van der Waals surface area contributed by atoms with Crippen LogP contribution in [-0.2, 0) is 14.3 Å². The van der Waals surface area contributed by atoms with Crippen LogP contribution in [0.25, 0.3) is 0 Å². The van der Waals surface area contributed by atoms with Crippen molar-refractivity contribution >= 4 is 23.6 Å². The minimum Gasteiger partial charge on any atom is -0.463 e. The first-order valence-corrected chi connectivity index (χ1v) is 11.5. The molecule has 0 saturated heterocycles. The maximum atomic E-state index is 13.1. The molecule has 1 atom stereocenters. The zero-order valence-electron chi connectivity index (χ0n) is 19.8. The van der Waals surface area contributed by atoms with Gasteiger partial charge < -0.3 is 9.47 Å². The Labute approximate surface area is 194 Å². The highest BCUT2D eigenvalue weighted by molar-refractivity contribution is 6.01. The third kappa shape index (κ3) is 6.63. The van der Waals surface area contributed by atoms with Crippen molar-refractivity contribution in [3.05, 3.63) is 51.2 Å². The van der Waals surface area contributed by atoms with Crippen molar-refractivity contribution in [1.82, 2.24) is 4.90 Å². The van der Waals surface area contributed by atoms with Crippen LogP contribution in [0.3, 0.4) is 0 Å². The normalized spacial score (nSPS) is 15.8. The molecule has 180 valence electrons. The van der Waals surface area contributed by atoms with Crippen LogP contribution in [0.15, 0.2) is 40.5 Å². The number of nitrogens with zero attached hydrogens (tertiary/aromatic N) is 3. The lowest BCUT2D eigenvalue weighted by Crippen LogP contribution is -2.44. The van der Waals surface area contributed by atoms with Gasteiger partial charge in [0.05, 0.1) is 35.0 Å². The molecule has 0 radical (unpaired) electrons. The summed E-state index contributed by atoms with van der Waals surface area (Å²) in [5, 5.41) is 11.7. The molecule has 0 bridgehead atoms. The van der Waals surface area contributed by atoms with E-state index in [0.29, 0.717) is 5.70 Å². The Morgan fingerprint density at radius 1 is 1.06 bits per heavy atom. The molecule has 1 aromatic rings. The number of amides is 1. The molecule has 2 rings (SSSR count). The molecule has 1 aromatic carbocycles. The zero-order chi connectivity index (χ0) is 24.4. The predicted octanol–water partition coefficient (Wildman–Crippen LogP) is 5.70. The lowest BCUT2D eigenvalue weighted by atomic mass is 9.93. The van der Waals surface area contributed by atoms with E-state index in [1.807, 2.05) is 0 Å². The SMILES string of the molecule is CCCCCCCCOC(=O)N1C(C)=NC(C)=C(C(=O)OCC)C1c1ccccc1[N+](=O)[O-]. The molecule has 9 heteroatoms. The van der Waals surface area contributed by atoms with Crippen molar-refractivity contribution in [2.45, 2.75) is 72.3 Å². The standard InChI is InChI=1S/C24H33N3O6/c1-5-7-8-9-10-13-16-33-24(29)26-18(4)25-17(3)21(23(28)32-6-2)22(26)19-14-11-12-15-20(19)27(30)31/h11-12,14-15,22H,5-10,13,16H2,1-4H3.